The lowest BCUT2D eigenvalue weighted by atomic mass is 10.1. The molecule has 0 atom stereocenters. The second kappa shape index (κ2) is 7.50. The molecule has 0 aliphatic heterocycles. The topological polar surface area (TPSA) is 87.3 Å². The van der Waals surface area contributed by atoms with E-state index >= 15 is 0 Å². The van der Waals surface area contributed by atoms with Crippen molar-refractivity contribution in [2.24, 2.45) is 0 Å². The summed E-state index contributed by atoms with van der Waals surface area (Å²) in [7, 11) is -3.74. The van der Waals surface area contributed by atoms with Crippen molar-refractivity contribution in [3.8, 4) is 0 Å². The van der Waals surface area contributed by atoms with Gasteiger partial charge in [-0.05, 0) is 43.2 Å². The van der Waals surface area contributed by atoms with E-state index in [1.54, 1.807) is 43.3 Å². The smallest absolute Gasteiger partial charge is 0.257 e. The van der Waals surface area contributed by atoms with Crippen LogP contribution in [0.5, 0.6) is 0 Å². The molecule has 0 fully saturated rings. The zero-order valence-corrected chi connectivity index (χ0v) is 15.2. The molecule has 0 heterocycles. The van der Waals surface area contributed by atoms with Crippen LogP contribution in [-0.2, 0) is 14.8 Å². The predicted molar refractivity (Wildman–Crippen MR) is 99.2 cm³/mol. The number of amides is 1. The first-order chi connectivity index (χ1) is 11.7. The summed E-state index contributed by atoms with van der Waals surface area (Å²) in [5, 5.41) is 2.67. The molecule has 2 rings (SSSR count). The molecule has 0 spiro atoms. The average Bonchev–Trinajstić information content (AvgIpc) is 2.54. The number of hydrazine groups is 1. The second-order valence-corrected chi connectivity index (χ2v) is 7.39. The highest BCUT2D eigenvalue weighted by molar-refractivity contribution is 7.89. The van der Waals surface area contributed by atoms with E-state index < -0.39 is 10.0 Å². The Balaban J connectivity index is 2.14. The summed E-state index contributed by atoms with van der Waals surface area (Å²) in [5.41, 5.74) is 5.74. The predicted octanol–water partition coefficient (Wildman–Crippen LogP) is 2.72. The largest absolute Gasteiger partial charge is 0.326 e. The number of rotatable bonds is 6. The van der Waals surface area contributed by atoms with Gasteiger partial charge in [0, 0.05) is 23.9 Å². The number of hydrogen-bond acceptors (Lipinski definition) is 4. The second-order valence-electron chi connectivity index (χ2n) is 5.74. The van der Waals surface area contributed by atoms with Crippen LogP contribution in [0.2, 0.25) is 0 Å². The van der Waals surface area contributed by atoms with E-state index in [4.69, 9.17) is 0 Å². The van der Waals surface area contributed by atoms with Crippen molar-refractivity contribution in [3.05, 3.63) is 65.7 Å². The lowest BCUT2D eigenvalue weighted by Crippen LogP contribution is -2.36. The number of aryl methyl sites for hydroxylation is 2. The van der Waals surface area contributed by atoms with Gasteiger partial charge < -0.3 is 10.7 Å². The molecular formula is C18H21N3O3S. The molecule has 2 aromatic carbocycles. The number of sulfonamides is 1. The van der Waals surface area contributed by atoms with Gasteiger partial charge in [0.2, 0.25) is 5.91 Å². The minimum atomic E-state index is -3.74. The maximum absolute atomic E-state index is 12.5. The standard InChI is InChI=1S/C18H21N3O3S/c1-12-8-9-13(2)18(10-12)25(23,24)21-20-14(3)16-6-5-7-17(11-16)19-15(4)22/h5-11,20-21H,3H2,1-2,4H3,(H,19,22). The van der Waals surface area contributed by atoms with E-state index in [2.05, 4.69) is 22.2 Å². The molecule has 0 aliphatic rings. The molecule has 3 N–H and O–H groups in total. The maximum atomic E-state index is 12.5. The summed E-state index contributed by atoms with van der Waals surface area (Å²) in [6.45, 7) is 8.81. The molecule has 0 saturated carbocycles. The Hall–Kier alpha value is -2.64. The van der Waals surface area contributed by atoms with Gasteiger partial charge in [-0.25, -0.2) is 8.42 Å². The van der Waals surface area contributed by atoms with E-state index in [0.29, 0.717) is 22.5 Å². The summed E-state index contributed by atoms with van der Waals surface area (Å²) in [4.78, 5) is 13.7. The number of benzene rings is 2. The lowest BCUT2D eigenvalue weighted by Gasteiger charge is -2.14. The van der Waals surface area contributed by atoms with Crippen molar-refractivity contribution in [2.45, 2.75) is 25.7 Å². The van der Waals surface area contributed by atoms with Gasteiger partial charge in [-0.2, -0.15) is 0 Å². The van der Waals surface area contributed by atoms with E-state index in [1.165, 1.54) is 6.92 Å². The van der Waals surface area contributed by atoms with Gasteiger partial charge in [0.15, 0.2) is 0 Å². The van der Waals surface area contributed by atoms with E-state index in [-0.39, 0.29) is 10.8 Å². The quantitative estimate of drug-likeness (QED) is 0.692. The number of carbonyl (C=O) groups is 1. The molecule has 0 aromatic heterocycles. The summed E-state index contributed by atoms with van der Waals surface area (Å²) in [6, 6.07) is 12.2. The third kappa shape index (κ3) is 4.91. The van der Waals surface area contributed by atoms with E-state index in [0.717, 1.165) is 5.56 Å². The molecule has 25 heavy (non-hydrogen) atoms. The van der Waals surface area contributed by atoms with Gasteiger partial charge in [0.1, 0.15) is 0 Å². The first-order valence-corrected chi connectivity index (χ1v) is 9.09. The Morgan fingerprint density at radius 1 is 1.08 bits per heavy atom. The van der Waals surface area contributed by atoms with Crippen LogP contribution in [0.3, 0.4) is 0 Å². The SMILES string of the molecule is C=C(NNS(=O)(=O)c1cc(C)ccc1C)c1cccc(NC(C)=O)c1. The van der Waals surface area contributed by atoms with E-state index in [1.807, 2.05) is 13.0 Å². The number of carbonyl (C=O) groups excluding carboxylic acids is 1. The van der Waals surface area contributed by atoms with Crippen LogP contribution in [0.25, 0.3) is 5.70 Å². The van der Waals surface area contributed by atoms with Crippen LogP contribution in [0.1, 0.15) is 23.6 Å². The minimum Gasteiger partial charge on any atom is -0.326 e. The molecule has 132 valence electrons. The molecular weight excluding hydrogens is 338 g/mol. The first-order valence-electron chi connectivity index (χ1n) is 7.61. The average molecular weight is 359 g/mol. The highest BCUT2D eigenvalue weighted by atomic mass is 32.2. The minimum absolute atomic E-state index is 0.189. The van der Waals surface area contributed by atoms with Crippen molar-refractivity contribution < 1.29 is 13.2 Å². The molecule has 0 saturated heterocycles. The van der Waals surface area contributed by atoms with Crippen molar-refractivity contribution in [2.75, 3.05) is 5.32 Å². The Labute approximate surface area is 148 Å². The third-order valence-electron chi connectivity index (χ3n) is 3.50. The Kier molecular flexibility index (Phi) is 5.61. The molecule has 0 bridgehead atoms. The molecule has 0 radical (unpaired) electrons. The van der Waals surface area contributed by atoms with Crippen LogP contribution in [0, 0.1) is 13.8 Å². The summed E-state index contributed by atoms with van der Waals surface area (Å²) in [6.07, 6.45) is 0. The summed E-state index contributed by atoms with van der Waals surface area (Å²) >= 11 is 0. The summed E-state index contributed by atoms with van der Waals surface area (Å²) < 4.78 is 25.0. The zero-order valence-electron chi connectivity index (χ0n) is 14.4. The first kappa shape index (κ1) is 18.7. The highest BCUT2D eigenvalue weighted by Crippen LogP contribution is 2.18. The van der Waals surface area contributed by atoms with Gasteiger partial charge in [-0.3, -0.25) is 4.79 Å². The van der Waals surface area contributed by atoms with Crippen molar-refractivity contribution in [3.63, 3.8) is 0 Å². The Bertz CT molecular complexity index is 921. The van der Waals surface area contributed by atoms with Crippen molar-refractivity contribution >= 4 is 27.3 Å². The normalized spacial score (nSPS) is 11.0. The number of anilines is 1. The van der Waals surface area contributed by atoms with Crippen molar-refractivity contribution in [1.82, 2.24) is 10.3 Å². The van der Waals surface area contributed by atoms with Crippen LogP contribution in [0.4, 0.5) is 5.69 Å². The Morgan fingerprint density at radius 2 is 1.80 bits per heavy atom. The fourth-order valence-electron chi connectivity index (χ4n) is 2.24. The lowest BCUT2D eigenvalue weighted by molar-refractivity contribution is -0.114. The van der Waals surface area contributed by atoms with Gasteiger partial charge in [-0.1, -0.05) is 30.8 Å². The van der Waals surface area contributed by atoms with Crippen LogP contribution < -0.4 is 15.6 Å². The third-order valence-corrected chi connectivity index (χ3v) is 4.89. The summed E-state index contributed by atoms with van der Waals surface area (Å²) in [5.74, 6) is -0.189. The van der Waals surface area contributed by atoms with Crippen LogP contribution >= 0.6 is 0 Å². The fraction of sp³-hybridized carbons (Fsp3) is 0.167. The number of hydrogen-bond donors (Lipinski definition) is 3. The zero-order chi connectivity index (χ0) is 18.6. The van der Waals surface area contributed by atoms with Gasteiger partial charge in [-0.15, -0.1) is 4.83 Å². The van der Waals surface area contributed by atoms with Gasteiger partial charge in [0.25, 0.3) is 10.0 Å². The van der Waals surface area contributed by atoms with Gasteiger partial charge >= 0.3 is 0 Å². The van der Waals surface area contributed by atoms with Crippen LogP contribution in [0.15, 0.2) is 53.9 Å². The monoisotopic (exact) mass is 359 g/mol. The van der Waals surface area contributed by atoms with Crippen molar-refractivity contribution in [1.29, 1.82) is 0 Å². The molecule has 7 heteroatoms. The van der Waals surface area contributed by atoms with Crippen LogP contribution in [-0.4, -0.2) is 14.3 Å². The maximum Gasteiger partial charge on any atom is 0.257 e. The highest BCUT2D eigenvalue weighted by Gasteiger charge is 2.17. The van der Waals surface area contributed by atoms with E-state index in [9.17, 15) is 13.2 Å². The number of nitrogens with one attached hydrogen (secondary N) is 3. The molecule has 1 amide bonds. The molecule has 0 aliphatic carbocycles. The molecule has 2 aromatic rings. The molecule has 6 nitrogen and oxygen atoms in total. The Morgan fingerprint density at radius 3 is 2.48 bits per heavy atom. The fourth-order valence-corrected chi connectivity index (χ4v) is 3.44. The molecule has 0 unspecified atom stereocenters. The van der Waals surface area contributed by atoms with Gasteiger partial charge in [0.05, 0.1) is 4.90 Å².